The second kappa shape index (κ2) is 10.8. The molecular formula is C18H24N2O6. The minimum absolute atomic E-state index is 0.105. The molecule has 0 spiro atoms. The average molecular weight is 364 g/mol. The number of amides is 1. The van der Waals surface area contributed by atoms with Gasteiger partial charge in [-0.2, -0.15) is 5.26 Å². The lowest BCUT2D eigenvalue weighted by Gasteiger charge is -2.15. The van der Waals surface area contributed by atoms with Gasteiger partial charge in [0.1, 0.15) is 0 Å². The zero-order chi connectivity index (χ0) is 19.5. The molecule has 8 nitrogen and oxygen atoms in total. The maximum atomic E-state index is 11.9. The average Bonchev–Trinajstić information content (AvgIpc) is 2.67. The fraction of sp³-hybridized carbons (Fsp3) is 0.500. The van der Waals surface area contributed by atoms with Crippen molar-refractivity contribution in [2.24, 2.45) is 0 Å². The Hall–Kier alpha value is -2.95. The Bertz CT molecular complexity index is 643. The number of rotatable bonds is 10. The molecule has 0 radical (unpaired) electrons. The summed E-state index contributed by atoms with van der Waals surface area (Å²) in [7, 11) is 6.11. The van der Waals surface area contributed by atoms with E-state index >= 15 is 0 Å². The van der Waals surface area contributed by atoms with Crippen LogP contribution in [0.1, 0.15) is 18.4 Å². The second-order valence-corrected chi connectivity index (χ2v) is 5.42. The first-order valence-electron chi connectivity index (χ1n) is 8.02. The van der Waals surface area contributed by atoms with Gasteiger partial charge in [-0.15, -0.1) is 0 Å². The first-order chi connectivity index (χ1) is 12.5. The van der Waals surface area contributed by atoms with E-state index in [9.17, 15) is 9.59 Å². The highest BCUT2D eigenvalue weighted by atomic mass is 16.5. The number of ether oxygens (including phenoxy) is 4. The first-order valence-corrected chi connectivity index (χ1v) is 8.02. The third-order valence-electron chi connectivity index (χ3n) is 3.68. The summed E-state index contributed by atoms with van der Waals surface area (Å²) >= 11 is 0. The summed E-state index contributed by atoms with van der Waals surface area (Å²) in [4.78, 5) is 25.0. The van der Waals surface area contributed by atoms with E-state index in [1.807, 2.05) is 6.07 Å². The fourth-order valence-corrected chi connectivity index (χ4v) is 2.19. The zero-order valence-electron chi connectivity index (χ0n) is 15.5. The molecule has 0 saturated carbocycles. The van der Waals surface area contributed by atoms with E-state index in [0.29, 0.717) is 30.2 Å². The van der Waals surface area contributed by atoms with Gasteiger partial charge in [0.2, 0.25) is 5.75 Å². The topological polar surface area (TPSA) is 98.1 Å². The van der Waals surface area contributed by atoms with Gasteiger partial charge >= 0.3 is 5.97 Å². The van der Waals surface area contributed by atoms with Gasteiger partial charge in [-0.05, 0) is 24.1 Å². The summed E-state index contributed by atoms with van der Waals surface area (Å²) < 4.78 is 20.8. The Morgan fingerprint density at radius 2 is 1.73 bits per heavy atom. The smallest absolute Gasteiger partial charge is 0.306 e. The molecular weight excluding hydrogens is 340 g/mol. The highest BCUT2D eigenvalue weighted by Crippen LogP contribution is 2.38. The quantitative estimate of drug-likeness (QED) is 0.581. The first kappa shape index (κ1) is 21.1. The molecule has 1 rings (SSSR count). The number of esters is 1. The Kier molecular flexibility index (Phi) is 8.78. The van der Waals surface area contributed by atoms with Crippen LogP contribution in [0.2, 0.25) is 0 Å². The molecule has 26 heavy (non-hydrogen) atoms. The minimum atomic E-state index is -0.485. The van der Waals surface area contributed by atoms with Gasteiger partial charge in [-0.1, -0.05) is 0 Å². The number of hydrogen-bond donors (Lipinski definition) is 0. The lowest BCUT2D eigenvalue weighted by molar-refractivity contribution is -0.151. The number of hydrogen-bond acceptors (Lipinski definition) is 7. The summed E-state index contributed by atoms with van der Waals surface area (Å²) in [5.41, 5.74) is 0.814. The van der Waals surface area contributed by atoms with E-state index < -0.39 is 5.97 Å². The maximum absolute atomic E-state index is 11.9. The van der Waals surface area contributed by atoms with Crippen molar-refractivity contribution in [2.45, 2.75) is 19.3 Å². The molecule has 0 aliphatic rings. The van der Waals surface area contributed by atoms with Gasteiger partial charge in [-0.3, -0.25) is 9.59 Å². The van der Waals surface area contributed by atoms with Crippen molar-refractivity contribution in [3.05, 3.63) is 17.7 Å². The summed E-state index contributed by atoms with van der Waals surface area (Å²) in [6.07, 6.45) is 0.735. The second-order valence-electron chi connectivity index (χ2n) is 5.42. The SMILES string of the molecule is COc1cc(CCC(=O)OCC(=O)N(C)CCC#N)cc(OC)c1OC. The molecule has 0 N–H and O–H groups in total. The number of likely N-dealkylation sites (N-methyl/N-ethyl adjacent to an activating group) is 1. The van der Waals surface area contributed by atoms with E-state index in [-0.39, 0.29) is 25.4 Å². The molecule has 0 aliphatic carbocycles. The molecule has 0 saturated heterocycles. The van der Waals surface area contributed by atoms with Gasteiger partial charge in [0, 0.05) is 20.0 Å². The van der Waals surface area contributed by atoms with Crippen molar-refractivity contribution in [1.29, 1.82) is 5.26 Å². The molecule has 0 aromatic heterocycles. The monoisotopic (exact) mass is 364 g/mol. The molecule has 8 heteroatoms. The van der Waals surface area contributed by atoms with Gasteiger partial charge in [0.15, 0.2) is 18.1 Å². The van der Waals surface area contributed by atoms with Gasteiger partial charge in [-0.25, -0.2) is 0 Å². The molecule has 1 aromatic rings. The van der Waals surface area contributed by atoms with Crippen LogP contribution in [0.5, 0.6) is 17.2 Å². The van der Waals surface area contributed by atoms with E-state index in [4.69, 9.17) is 24.2 Å². The predicted molar refractivity (Wildman–Crippen MR) is 93.2 cm³/mol. The van der Waals surface area contributed by atoms with E-state index in [2.05, 4.69) is 0 Å². The lowest BCUT2D eigenvalue weighted by Crippen LogP contribution is -2.31. The summed E-state index contributed by atoms with van der Waals surface area (Å²) in [6.45, 7) is -0.0334. The fourth-order valence-electron chi connectivity index (χ4n) is 2.19. The van der Waals surface area contributed by atoms with E-state index in [0.717, 1.165) is 5.56 Å². The van der Waals surface area contributed by atoms with Crippen molar-refractivity contribution >= 4 is 11.9 Å². The highest BCUT2D eigenvalue weighted by Gasteiger charge is 2.15. The van der Waals surface area contributed by atoms with Crippen molar-refractivity contribution in [1.82, 2.24) is 4.90 Å². The number of nitriles is 1. The molecule has 1 amide bonds. The Morgan fingerprint density at radius 3 is 2.23 bits per heavy atom. The normalized spacial score (nSPS) is 9.81. The van der Waals surface area contributed by atoms with Crippen molar-refractivity contribution < 1.29 is 28.5 Å². The lowest BCUT2D eigenvalue weighted by atomic mass is 10.1. The standard InChI is InChI=1S/C18H24N2O6/c1-20(9-5-8-19)16(21)12-26-17(22)7-6-13-10-14(23-2)18(25-4)15(11-13)24-3/h10-11H,5-7,9,12H2,1-4H3. The number of benzene rings is 1. The van der Waals surface area contributed by atoms with Crippen molar-refractivity contribution in [2.75, 3.05) is 41.5 Å². The van der Waals surface area contributed by atoms with Crippen LogP contribution in [0.3, 0.4) is 0 Å². The summed E-state index contributed by atoms with van der Waals surface area (Å²) in [6, 6.07) is 5.47. The van der Waals surface area contributed by atoms with Gasteiger partial charge in [0.05, 0.1) is 33.8 Å². The molecule has 0 atom stereocenters. The van der Waals surface area contributed by atoms with Crippen LogP contribution in [-0.2, 0) is 20.7 Å². The van der Waals surface area contributed by atoms with Crippen LogP contribution in [-0.4, -0.2) is 58.3 Å². The van der Waals surface area contributed by atoms with E-state index in [1.165, 1.54) is 26.2 Å². The molecule has 0 heterocycles. The third kappa shape index (κ3) is 6.16. The zero-order valence-corrected chi connectivity index (χ0v) is 15.5. The van der Waals surface area contributed by atoms with Crippen LogP contribution >= 0.6 is 0 Å². The van der Waals surface area contributed by atoms with Gasteiger partial charge in [0.25, 0.3) is 5.91 Å². The molecule has 0 bridgehead atoms. The van der Waals surface area contributed by atoms with Crippen LogP contribution in [0, 0.1) is 11.3 Å². The maximum Gasteiger partial charge on any atom is 0.306 e. The predicted octanol–water partition coefficient (Wildman–Crippen LogP) is 1.56. The Morgan fingerprint density at radius 1 is 1.12 bits per heavy atom. The molecule has 0 aliphatic heterocycles. The summed E-state index contributed by atoms with van der Waals surface area (Å²) in [5, 5.41) is 8.50. The molecule has 142 valence electrons. The Balaban J connectivity index is 2.57. The molecule has 0 unspecified atom stereocenters. The highest BCUT2D eigenvalue weighted by molar-refractivity contribution is 5.80. The number of carbonyl (C=O) groups excluding carboxylic acids is 2. The van der Waals surface area contributed by atoms with E-state index in [1.54, 1.807) is 19.2 Å². The number of methoxy groups -OCH3 is 3. The van der Waals surface area contributed by atoms with Crippen LogP contribution in [0.15, 0.2) is 12.1 Å². The number of aryl methyl sites for hydroxylation is 1. The molecule has 1 aromatic carbocycles. The van der Waals surface area contributed by atoms with Gasteiger partial charge < -0.3 is 23.8 Å². The van der Waals surface area contributed by atoms with Crippen molar-refractivity contribution in [3.63, 3.8) is 0 Å². The number of nitrogens with zero attached hydrogens (tertiary/aromatic N) is 2. The summed E-state index contributed by atoms with van der Waals surface area (Å²) in [5.74, 6) is 0.656. The third-order valence-corrected chi connectivity index (χ3v) is 3.68. The minimum Gasteiger partial charge on any atom is -0.493 e. The Labute approximate surface area is 153 Å². The number of carbonyl (C=O) groups is 2. The van der Waals surface area contributed by atoms with Crippen LogP contribution in [0.25, 0.3) is 0 Å². The molecule has 0 fully saturated rings. The largest absolute Gasteiger partial charge is 0.493 e. The van der Waals surface area contributed by atoms with Crippen LogP contribution in [0.4, 0.5) is 0 Å². The van der Waals surface area contributed by atoms with Crippen molar-refractivity contribution in [3.8, 4) is 23.3 Å². The van der Waals surface area contributed by atoms with Crippen LogP contribution < -0.4 is 14.2 Å².